The van der Waals surface area contributed by atoms with Crippen molar-refractivity contribution in [2.75, 3.05) is 11.1 Å². The molecule has 0 atom stereocenters. The molecule has 1 aliphatic carbocycles. The molecule has 0 unspecified atom stereocenters. The number of hydrogen-bond donors (Lipinski definition) is 3. The number of Topliss-reactive ketones (excluding diaryl/α,β-unsaturated/α-hetero) is 1. The fraction of sp³-hybridized carbons (Fsp3) is 0.381. The molecule has 8 heteroatoms. The third kappa shape index (κ3) is 4.42. The first-order valence-corrected chi connectivity index (χ1v) is 10.1. The molecule has 4 N–H and O–H groups in total. The van der Waals surface area contributed by atoms with E-state index < -0.39 is 0 Å². The predicted octanol–water partition coefficient (Wildman–Crippen LogP) is 4.06. The summed E-state index contributed by atoms with van der Waals surface area (Å²) in [5, 5.41) is 12.7. The largest absolute Gasteiger partial charge is 0.383 e. The quantitative estimate of drug-likeness (QED) is 0.506. The van der Waals surface area contributed by atoms with Crippen molar-refractivity contribution in [1.29, 1.82) is 5.41 Å². The molecule has 7 nitrogen and oxygen atoms in total. The molecule has 3 aromatic rings. The van der Waals surface area contributed by atoms with E-state index in [1.807, 2.05) is 32.0 Å². The van der Waals surface area contributed by atoms with E-state index in [-0.39, 0.29) is 36.7 Å². The number of nitrogen functional groups attached to an aromatic ring is 1. The number of hydrogen-bond acceptors (Lipinski definition) is 8. The molecule has 152 valence electrons. The minimum Gasteiger partial charge on any atom is -0.383 e. The van der Waals surface area contributed by atoms with Gasteiger partial charge in [0.15, 0.2) is 0 Å². The molecule has 0 amide bonds. The molecule has 2 heterocycles. The smallest absolute Gasteiger partial charge is 0.142 e. The molecular weight excluding hydrogens is 384 g/mol. The SMILES string of the molecule is C.CC(C)Nc1ncnc(N)c1C(=N)c1ccc2nc(CC(=O)C3CC3)sc2c1. The van der Waals surface area contributed by atoms with Crippen molar-refractivity contribution < 1.29 is 4.79 Å². The number of fused-ring (bicyclic) bond motifs is 1. The zero-order chi connectivity index (χ0) is 19.8. The first-order chi connectivity index (χ1) is 13.4. The van der Waals surface area contributed by atoms with Gasteiger partial charge in [-0.15, -0.1) is 11.3 Å². The summed E-state index contributed by atoms with van der Waals surface area (Å²) in [6, 6.07) is 5.81. The lowest BCUT2D eigenvalue weighted by Gasteiger charge is -2.15. The number of rotatable bonds is 7. The molecule has 4 rings (SSSR count). The zero-order valence-corrected chi connectivity index (χ0v) is 16.6. The van der Waals surface area contributed by atoms with Gasteiger partial charge >= 0.3 is 0 Å². The van der Waals surface area contributed by atoms with Crippen LogP contribution in [0.25, 0.3) is 10.2 Å². The van der Waals surface area contributed by atoms with E-state index >= 15 is 0 Å². The number of carbonyl (C=O) groups is 1. The van der Waals surface area contributed by atoms with Crippen LogP contribution in [0, 0.1) is 11.3 Å². The van der Waals surface area contributed by atoms with Gasteiger partial charge in [-0.3, -0.25) is 10.2 Å². The Hall–Kier alpha value is -2.87. The molecule has 1 fully saturated rings. The van der Waals surface area contributed by atoms with Gasteiger partial charge in [0.2, 0.25) is 0 Å². The van der Waals surface area contributed by atoms with Crippen molar-refractivity contribution in [2.45, 2.75) is 46.6 Å². The van der Waals surface area contributed by atoms with Gasteiger partial charge in [-0.25, -0.2) is 15.0 Å². The predicted molar refractivity (Wildman–Crippen MR) is 119 cm³/mol. The van der Waals surface area contributed by atoms with E-state index in [1.165, 1.54) is 17.7 Å². The number of aromatic nitrogens is 3. The Bertz CT molecular complexity index is 1070. The van der Waals surface area contributed by atoms with Gasteiger partial charge in [-0.2, -0.15) is 0 Å². The van der Waals surface area contributed by atoms with Gasteiger partial charge < -0.3 is 11.1 Å². The molecule has 0 spiro atoms. The van der Waals surface area contributed by atoms with Crippen molar-refractivity contribution in [3.8, 4) is 0 Å². The topological polar surface area (TPSA) is 118 Å². The van der Waals surface area contributed by atoms with Crippen LogP contribution in [0.1, 0.15) is 50.3 Å². The first kappa shape index (κ1) is 20.9. The van der Waals surface area contributed by atoms with Gasteiger partial charge in [0.1, 0.15) is 28.8 Å². The lowest BCUT2D eigenvalue weighted by atomic mass is 10.0. The minimum absolute atomic E-state index is 0. The Kier molecular flexibility index (Phi) is 5.93. The summed E-state index contributed by atoms with van der Waals surface area (Å²) in [7, 11) is 0. The molecule has 0 radical (unpaired) electrons. The number of benzene rings is 1. The number of thiazole rings is 1. The van der Waals surface area contributed by atoms with Crippen LogP contribution in [0.5, 0.6) is 0 Å². The molecule has 1 aromatic carbocycles. The molecule has 29 heavy (non-hydrogen) atoms. The third-order valence-corrected chi connectivity index (χ3v) is 5.65. The molecular formula is C21H26N6OS. The second-order valence-electron chi connectivity index (χ2n) is 7.36. The molecule has 1 aliphatic rings. The molecule has 0 aliphatic heterocycles. The van der Waals surface area contributed by atoms with Crippen LogP contribution in [-0.4, -0.2) is 32.5 Å². The van der Waals surface area contributed by atoms with E-state index in [1.54, 1.807) is 0 Å². The van der Waals surface area contributed by atoms with Crippen molar-refractivity contribution in [2.24, 2.45) is 5.92 Å². The van der Waals surface area contributed by atoms with Crippen LogP contribution in [0.3, 0.4) is 0 Å². The highest BCUT2D eigenvalue weighted by Crippen LogP contribution is 2.33. The highest BCUT2D eigenvalue weighted by molar-refractivity contribution is 7.18. The Morgan fingerprint density at radius 3 is 2.79 bits per heavy atom. The van der Waals surface area contributed by atoms with Crippen LogP contribution in [0.15, 0.2) is 24.5 Å². The summed E-state index contributed by atoms with van der Waals surface area (Å²) >= 11 is 1.51. The van der Waals surface area contributed by atoms with Crippen LogP contribution in [0.2, 0.25) is 0 Å². The van der Waals surface area contributed by atoms with Gasteiger partial charge in [0, 0.05) is 17.5 Å². The number of carbonyl (C=O) groups excluding carboxylic acids is 1. The summed E-state index contributed by atoms with van der Waals surface area (Å²) in [4.78, 5) is 25.0. The number of nitrogens with one attached hydrogen (secondary N) is 2. The average Bonchev–Trinajstić information content (AvgIpc) is 3.41. The molecule has 2 aromatic heterocycles. The first-order valence-electron chi connectivity index (χ1n) is 9.31. The third-order valence-electron chi connectivity index (χ3n) is 4.63. The summed E-state index contributed by atoms with van der Waals surface area (Å²) in [6.45, 7) is 4.00. The van der Waals surface area contributed by atoms with E-state index in [0.29, 0.717) is 23.4 Å². The minimum atomic E-state index is 0. The summed E-state index contributed by atoms with van der Waals surface area (Å²) in [5.74, 6) is 1.34. The standard InChI is InChI=1S/C20H22N6OS.CH4/c1-10(2)25-20-17(19(22)23-9-24-20)18(21)12-5-6-13-15(7-12)28-16(26-13)8-14(27)11-3-4-11;/h5-7,9-11,21H,3-4,8H2,1-2H3,(H3,22,23,24,25);1H4. The monoisotopic (exact) mass is 410 g/mol. The Labute approximate surface area is 174 Å². The fourth-order valence-corrected chi connectivity index (χ4v) is 4.09. The van der Waals surface area contributed by atoms with E-state index in [2.05, 4.69) is 20.3 Å². The van der Waals surface area contributed by atoms with Gasteiger partial charge in [-0.1, -0.05) is 13.5 Å². The lowest BCUT2D eigenvalue weighted by molar-refractivity contribution is -0.119. The molecule has 1 saturated carbocycles. The molecule has 0 saturated heterocycles. The van der Waals surface area contributed by atoms with Gasteiger partial charge in [-0.05, 0) is 38.8 Å². The number of nitrogens with zero attached hydrogens (tertiary/aromatic N) is 3. The highest BCUT2D eigenvalue weighted by atomic mass is 32.1. The lowest BCUT2D eigenvalue weighted by Crippen LogP contribution is -2.17. The van der Waals surface area contributed by atoms with Crippen molar-refractivity contribution in [3.05, 3.63) is 40.7 Å². The Balaban J connectivity index is 0.00000240. The van der Waals surface area contributed by atoms with E-state index in [4.69, 9.17) is 11.1 Å². The number of anilines is 2. The van der Waals surface area contributed by atoms with E-state index in [9.17, 15) is 4.79 Å². The van der Waals surface area contributed by atoms with Crippen molar-refractivity contribution in [3.63, 3.8) is 0 Å². The Morgan fingerprint density at radius 2 is 2.10 bits per heavy atom. The van der Waals surface area contributed by atoms with Gasteiger partial charge in [0.05, 0.1) is 27.9 Å². The normalized spacial score (nSPS) is 13.3. The van der Waals surface area contributed by atoms with Crippen LogP contribution in [0.4, 0.5) is 11.6 Å². The maximum absolute atomic E-state index is 12.1. The van der Waals surface area contributed by atoms with Crippen LogP contribution in [-0.2, 0) is 11.2 Å². The fourth-order valence-electron chi connectivity index (χ4n) is 3.08. The highest BCUT2D eigenvalue weighted by Gasteiger charge is 2.29. The van der Waals surface area contributed by atoms with Crippen molar-refractivity contribution >= 4 is 44.7 Å². The number of nitrogens with two attached hydrogens (primary N) is 1. The Morgan fingerprint density at radius 1 is 1.34 bits per heavy atom. The summed E-state index contributed by atoms with van der Waals surface area (Å²) in [5.41, 5.74) is 8.37. The average molecular weight is 411 g/mol. The zero-order valence-electron chi connectivity index (χ0n) is 15.8. The summed E-state index contributed by atoms with van der Waals surface area (Å²) < 4.78 is 0.953. The van der Waals surface area contributed by atoms with Gasteiger partial charge in [0.25, 0.3) is 0 Å². The van der Waals surface area contributed by atoms with Crippen molar-refractivity contribution in [1.82, 2.24) is 15.0 Å². The van der Waals surface area contributed by atoms with Crippen LogP contribution < -0.4 is 11.1 Å². The maximum Gasteiger partial charge on any atom is 0.142 e. The van der Waals surface area contributed by atoms with Crippen LogP contribution >= 0.6 is 11.3 Å². The molecule has 0 bridgehead atoms. The summed E-state index contributed by atoms with van der Waals surface area (Å²) in [6.07, 6.45) is 3.82. The second kappa shape index (κ2) is 8.24. The maximum atomic E-state index is 12.1. The second-order valence-corrected chi connectivity index (χ2v) is 8.48. The van der Waals surface area contributed by atoms with E-state index in [0.717, 1.165) is 28.1 Å². The number of ketones is 1.